The second-order valence-electron chi connectivity index (χ2n) is 9.49. The summed E-state index contributed by atoms with van der Waals surface area (Å²) in [4.78, 5) is 10.1. The number of aromatic amines is 1. The molecule has 1 aliphatic heterocycles. The van der Waals surface area contributed by atoms with E-state index in [0.717, 1.165) is 74.6 Å². The normalized spacial score (nSPS) is 13.1. The lowest BCUT2D eigenvalue weighted by Crippen LogP contribution is -2.31. The maximum Gasteiger partial charge on any atom is 0.147 e. The quantitative estimate of drug-likeness (QED) is 0.315. The summed E-state index contributed by atoms with van der Waals surface area (Å²) in [5.74, 6) is 0.798. The Kier molecular flexibility index (Phi) is 5.31. The Labute approximate surface area is 214 Å². The lowest BCUT2D eigenvalue weighted by molar-refractivity contribution is 0.706. The third-order valence-electron chi connectivity index (χ3n) is 7.02. The molecule has 1 N–H and O–H groups in total. The zero-order valence-electron chi connectivity index (χ0n) is 20.4. The van der Waals surface area contributed by atoms with Crippen molar-refractivity contribution in [1.29, 1.82) is 5.26 Å². The predicted molar refractivity (Wildman–Crippen MR) is 144 cm³/mol. The van der Waals surface area contributed by atoms with Crippen LogP contribution < -0.4 is 4.90 Å². The number of hydrogen-bond donors (Lipinski definition) is 1. The molecule has 1 aliphatic rings. The van der Waals surface area contributed by atoms with Crippen LogP contribution in [0.5, 0.6) is 0 Å². The number of aryl methyl sites for hydroxylation is 3. The van der Waals surface area contributed by atoms with Crippen LogP contribution in [0.25, 0.3) is 27.8 Å². The van der Waals surface area contributed by atoms with Crippen LogP contribution in [0.4, 0.5) is 5.82 Å². The van der Waals surface area contributed by atoms with Gasteiger partial charge in [-0.15, -0.1) is 0 Å². The topological polar surface area (TPSA) is 73.5 Å². The third kappa shape index (κ3) is 3.55. The van der Waals surface area contributed by atoms with Crippen LogP contribution in [-0.4, -0.2) is 26.3 Å². The van der Waals surface area contributed by atoms with Crippen molar-refractivity contribution in [3.8, 4) is 23.0 Å². The third-order valence-corrected chi connectivity index (χ3v) is 7.30. The van der Waals surface area contributed by atoms with Gasteiger partial charge in [-0.3, -0.25) is 0 Å². The molecule has 0 saturated carbocycles. The first-order valence-corrected chi connectivity index (χ1v) is 12.4. The smallest absolute Gasteiger partial charge is 0.147 e. The summed E-state index contributed by atoms with van der Waals surface area (Å²) in [5.41, 5.74) is 10.4. The fourth-order valence-corrected chi connectivity index (χ4v) is 5.61. The molecule has 0 fully saturated rings. The summed E-state index contributed by atoms with van der Waals surface area (Å²) in [6.07, 6.45) is 4.42. The highest BCUT2D eigenvalue weighted by Gasteiger charge is 2.29. The van der Waals surface area contributed by atoms with Crippen LogP contribution in [0.1, 0.15) is 33.5 Å². The van der Waals surface area contributed by atoms with Gasteiger partial charge in [-0.1, -0.05) is 35.9 Å². The maximum absolute atomic E-state index is 9.64. The SMILES string of the molecule is Cc1cnc(N2CCc3nn(-c4c(C)cccc4C)c(-c4ccc5[nH]cc(C#N)c5c4)c3C2)c(Cl)c1. The van der Waals surface area contributed by atoms with Crippen molar-refractivity contribution in [3.63, 3.8) is 0 Å². The van der Waals surface area contributed by atoms with Crippen LogP contribution >= 0.6 is 11.6 Å². The van der Waals surface area contributed by atoms with Crippen molar-refractivity contribution in [2.24, 2.45) is 0 Å². The lowest BCUT2D eigenvalue weighted by atomic mass is 9.98. The Hall–Kier alpha value is -4.08. The zero-order valence-corrected chi connectivity index (χ0v) is 21.2. The molecule has 178 valence electrons. The number of benzene rings is 2. The molecule has 6 nitrogen and oxygen atoms in total. The number of fused-ring (bicyclic) bond motifs is 2. The summed E-state index contributed by atoms with van der Waals surface area (Å²) >= 11 is 6.62. The van der Waals surface area contributed by atoms with Crippen LogP contribution in [0, 0.1) is 32.1 Å². The van der Waals surface area contributed by atoms with Gasteiger partial charge >= 0.3 is 0 Å². The number of para-hydroxylation sites is 1. The molecule has 0 radical (unpaired) electrons. The number of pyridine rings is 1. The van der Waals surface area contributed by atoms with Gasteiger partial charge in [0.25, 0.3) is 0 Å². The Morgan fingerprint density at radius 2 is 1.89 bits per heavy atom. The number of halogens is 1. The molecular weight excluding hydrogens is 468 g/mol. The summed E-state index contributed by atoms with van der Waals surface area (Å²) in [6.45, 7) is 7.69. The van der Waals surface area contributed by atoms with E-state index in [2.05, 4.69) is 69.8 Å². The molecule has 5 aromatic rings. The van der Waals surface area contributed by atoms with E-state index >= 15 is 0 Å². The average Bonchev–Trinajstić information content (AvgIpc) is 3.44. The van der Waals surface area contributed by atoms with Crippen LogP contribution in [0.3, 0.4) is 0 Å². The molecule has 0 bridgehead atoms. The van der Waals surface area contributed by atoms with Gasteiger partial charge in [-0.05, 0) is 55.7 Å². The summed E-state index contributed by atoms with van der Waals surface area (Å²) < 4.78 is 2.10. The number of H-pyrrole nitrogens is 1. The molecule has 0 atom stereocenters. The van der Waals surface area contributed by atoms with E-state index in [1.165, 1.54) is 0 Å². The van der Waals surface area contributed by atoms with Gasteiger partial charge in [0.1, 0.15) is 11.9 Å². The van der Waals surface area contributed by atoms with Crippen molar-refractivity contribution in [2.75, 3.05) is 11.4 Å². The van der Waals surface area contributed by atoms with Crippen LogP contribution in [-0.2, 0) is 13.0 Å². The Bertz CT molecular complexity index is 1670. The fourth-order valence-electron chi connectivity index (χ4n) is 5.27. The first kappa shape index (κ1) is 22.4. The Balaban J connectivity index is 1.57. The van der Waals surface area contributed by atoms with Gasteiger partial charge in [0.2, 0.25) is 0 Å². The van der Waals surface area contributed by atoms with Crippen LogP contribution in [0.15, 0.2) is 54.9 Å². The van der Waals surface area contributed by atoms with E-state index in [1.54, 1.807) is 6.20 Å². The predicted octanol–water partition coefficient (Wildman–Crippen LogP) is 6.43. The Morgan fingerprint density at radius 3 is 2.64 bits per heavy atom. The minimum atomic E-state index is 0.635. The largest absolute Gasteiger partial charge is 0.360 e. The first-order valence-electron chi connectivity index (χ1n) is 12.0. The zero-order chi connectivity index (χ0) is 25.0. The highest BCUT2D eigenvalue weighted by atomic mass is 35.5. The van der Waals surface area contributed by atoms with Crippen molar-refractivity contribution in [1.82, 2.24) is 19.7 Å². The number of nitrogens with one attached hydrogen (secondary N) is 1. The number of nitriles is 1. The van der Waals surface area contributed by atoms with E-state index in [-0.39, 0.29) is 0 Å². The number of nitrogens with zero attached hydrogens (tertiary/aromatic N) is 5. The summed E-state index contributed by atoms with van der Waals surface area (Å²) in [5, 5.41) is 16.4. The van der Waals surface area contributed by atoms with Crippen molar-refractivity contribution in [3.05, 3.63) is 93.4 Å². The highest BCUT2D eigenvalue weighted by Crippen LogP contribution is 2.38. The number of aromatic nitrogens is 4. The molecular formula is C29H25ClN6. The van der Waals surface area contributed by atoms with Gasteiger partial charge < -0.3 is 9.88 Å². The van der Waals surface area contributed by atoms with E-state index in [4.69, 9.17) is 16.7 Å². The minimum absolute atomic E-state index is 0.635. The maximum atomic E-state index is 9.64. The minimum Gasteiger partial charge on any atom is -0.360 e. The average molecular weight is 493 g/mol. The van der Waals surface area contributed by atoms with Gasteiger partial charge in [0, 0.05) is 53.9 Å². The fraction of sp³-hybridized carbons (Fsp3) is 0.207. The molecule has 0 spiro atoms. The van der Waals surface area contributed by atoms with Crippen LogP contribution in [0.2, 0.25) is 5.02 Å². The molecule has 0 amide bonds. The standard InChI is InChI=1S/C29H25ClN6/c1-17-11-24(30)29(33-14-17)35-10-9-26-23(16-35)28(36(34-26)27-18(2)5-4-6-19(27)3)20-7-8-25-22(12-20)21(13-31)15-32-25/h4-8,11-12,14-15,32H,9-10,16H2,1-3H3. The summed E-state index contributed by atoms with van der Waals surface area (Å²) in [6, 6.07) is 16.8. The molecule has 0 unspecified atom stereocenters. The van der Waals surface area contributed by atoms with Gasteiger partial charge in [0.05, 0.1) is 27.7 Å². The molecule has 0 saturated heterocycles. The molecule has 0 aliphatic carbocycles. The van der Waals surface area contributed by atoms with Crippen molar-refractivity contribution in [2.45, 2.75) is 33.7 Å². The number of anilines is 1. The number of rotatable bonds is 3. The second kappa shape index (κ2) is 8.54. The van der Waals surface area contributed by atoms with Gasteiger partial charge in [-0.2, -0.15) is 10.4 Å². The summed E-state index contributed by atoms with van der Waals surface area (Å²) in [7, 11) is 0. The lowest BCUT2D eigenvalue weighted by Gasteiger charge is -2.28. The van der Waals surface area contributed by atoms with E-state index in [1.807, 2.05) is 25.3 Å². The van der Waals surface area contributed by atoms with Crippen molar-refractivity contribution >= 4 is 28.3 Å². The van der Waals surface area contributed by atoms with Gasteiger partial charge in [-0.25, -0.2) is 9.67 Å². The molecule has 3 aromatic heterocycles. The molecule has 4 heterocycles. The molecule has 7 heteroatoms. The van der Waals surface area contributed by atoms with Crippen molar-refractivity contribution < 1.29 is 0 Å². The van der Waals surface area contributed by atoms with Gasteiger partial charge in [0.15, 0.2) is 0 Å². The molecule has 2 aromatic carbocycles. The molecule has 6 rings (SSSR count). The van der Waals surface area contributed by atoms with E-state index < -0.39 is 0 Å². The number of hydrogen-bond acceptors (Lipinski definition) is 4. The molecule has 36 heavy (non-hydrogen) atoms. The highest BCUT2D eigenvalue weighted by molar-refractivity contribution is 6.33. The second-order valence-corrected chi connectivity index (χ2v) is 9.90. The Morgan fingerprint density at radius 1 is 1.08 bits per heavy atom. The first-order chi connectivity index (χ1) is 17.4. The van der Waals surface area contributed by atoms with E-state index in [9.17, 15) is 5.26 Å². The van der Waals surface area contributed by atoms with E-state index in [0.29, 0.717) is 17.1 Å². The monoisotopic (exact) mass is 492 g/mol.